The molecule has 0 aliphatic heterocycles. The highest BCUT2D eigenvalue weighted by molar-refractivity contribution is 5.96. The summed E-state index contributed by atoms with van der Waals surface area (Å²) >= 11 is 0. The normalized spacial score (nSPS) is 11.4. The van der Waals surface area contributed by atoms with E-state index in [0.29, 0.717) is 5.75 Å². The summed E-state index contributed by atoms with van der Waals surface area (Å²) in [6, 6.07) is 11.8. The third-order valence-electron chi connectivity index (χ3n) is 3.05. The number of benzene rings is 2. The van der Waals surface area contributed by atoms with E-state index >= 15 is 0 Å². The van der Waals surface area contributed by atoms with Gasteiger partial charge in [-0.15, -0.1) is 0 Å². The van der Waals surface area contributed by atoms with Crippen LogP contribution in [0.15, 0.2) is 41.4 Å². The van der Waals surface area contributed by atoms with Crippen molar-refractivity contribution in [1.82, 2.24) is 0 Å². The summed E-state index contributed by atoms with van der Waals surface area (Å²) in [5.41, 5.74) is 0.796. The maximum Gasteiger partial charge on any atom is 0.132 e. The fraction of sp³-hybridized carbons (Fsp3) is 0.312. The molecule has 94 valence electrons. The molecule has 0 saturated heterocycles. The van der Waals surface area contributed by atoms with Crippen molar-refractivity contribution in [2.75, 3.05) is 6.54 Å². The Morgan fingerprint density at radius 2 is 1.94 bits per heavy atom. The van der Waals surface area contributed by atoms with Gasteiger partial charge in [0, 0.05) is 23.7 Å². The van der Waals surface area contributed by atoms with E-state index in [-0.39, 0.29) is 0 Å². The van der Waals surface area contributed by atoms with Crippen LogP contribution < -0.4 is 0 Å². The number of unbranched alkanes of at least 4 members (excludes halogenated alkanes) is 2. The van der Waals surface area contributed by atoms with E-state index in [4.69, 9.17) is 0 Å². The molecule has 0 atom stereocenters. The minimum atomic E-state index is 0.326. The molecule has 0 amide bonds. The van der Waals surface area contributed by atoms with Gasteiger partial charge >= 0.3 is 0 Å². The molecular formula is C16H19NO. The van der Waals surface area contributed by atoms with Crippen molar-refractivity contribution >= 4 is 17.0 Å². The molecule has 0 aliphatic rings. The molecule has 0 radical (unpaired) electrons. The minimum Gasteiger partial charge on any atom is -0.507 e. The predicted octanol–water partition coefficient (Wildman–Crippen LogP) is 4.15. The summed E-state index contributed by atoms with van der Waals surface area (Å²) in [5, 5.41) is 12.1. The topological polar surface area (TPSA) is 32.6 Å². The molecule has 2 aromatic carbocycles. The van der Waals surface area contributed by atoms with Crippen molar-refractivity contribution in [2.24, 2.45) is 4.99 Å². The van der Waals surface area contributed by atoms with Gasteiger partial charge in [0.1, 0.15) is 5.75 Å². The molecule has 0 saturated carbocycles. The first-order chi connectivity index (χ1) is 8.83. The number of aliphatic imine (C=N–C) groups is 1. The Kier molecular flexibility index (Phi) is 4.35. The van der Waals surface area contributed by atoms with Gasteiger partial charge in [-0.1, -0.05) is 50.1 Å². The molecule has 2 rings (SSSR count). The number of phenols is 1. The quantitative estimate of drug-likeness (QED) is 0.619. The number of aromatic hydroxyl groups is 1. The number of hydrogen-bond acceptors (Lipinski definition) is 2. The number of nitrogens with zero attached hydrogens (tertiary/aromatic N) is 1. The monoisotopic (exact) mass is 241 g/mol. The summed E-state index contributed by atoms with van der Waals surface area (Å²) in [6.45, 7) is 3.01. The smallest absolute Gasteiger partial charge is 0.132 e. The van der Waals surface area contributed by atoms with E-state index < -0.39 is 0 Å². The zero-order chi connectivity index (χ0) is 12.8. The van der Waals surface area contributed by atoms with Gasteiger partial charge in [-0.3, -0.25) is 4.99 Å². The van der Waals surface area contributed by atoms with Crippen molar-refractivity contribution in [3.05, 3.63) is 42.0 Å². The molecule has 0 bridgehead atoms. The standard InChI is InChI=1S/C16H19NO/c1-2-3-6-11-17-12-14-10-9-13-7-4-5-8-15(13)16(14)18/h4-5,7-10,12,18H,2-3,6,11H2,1H3. The summed E-state index contributed by atoms with van der Waals surface area (Å²) in [5.74, 6) is 0.326. The van der Waals surface area contributed by atoms with Gasteiger partial charge < -0.3 is 5.11 Å². The summed E-state index contributed by atoms with van der Waals surface area (Å²) in [4.78, 5) is 4.36. The average molecular weight is 241 g/mol. The molecule has 1 N–H and O–H groups in total. The van der Waals surface area contributed by atoms with Crippen molar-refractivity contribution in [2.45, 2.75) is 26.2 Å². The molecule has 0 unspecified atom stereocenters. The van der Waals surface area contributed by atoms with Crippen LogP contribution in [0.25, 0.3) is 10.8 Å². The van der Waals surface area contributed by atoms with Crippen LogP contribution in [0.2, 0.25) is 0 Å². The number of rotatable bonds is 5. The number of hydrogen-bond donors (Lipinski definition) is 1. The van der Waals surface area contributed by atoms with Crippen LogP contribution in [-0.2, 0) is 0 Å². The highest BCUT2D eigenvalue weighted by Crippen LogP contribution is 2.27. The summed E-state index contributed by atoms with van der Waals surface area (Å²) < 4.78 is 0. The SMILES string of the molecule is CCCCCN=Cc1ccc2ccccc2c1O. The van der Waals surface area contributed by atoms with E-state index in [1.165, 1.54) is 12.8 Å². The molecule has 0 spiro atoms. The largest absolute Gasteiger partial charge is 0.507 e. The lowest BCUT2D eigenvalue weighted by atomic mass is 10.1. The zero-order valence-corrected chi connectivity index (χ0v) is 10.8. The molecule has 2 heteroatoms. The van der Waals surface area contributed by atoms with Gasteiger partial charge in [-0.2, -0.15) is 0 Å². The van der Waals surface area contributed by atoms with E-state index in [9.17, 15) is 5.11 Å². The maximum absolute atomic E-state index is 10.2. The predicted molar refractivity (Wildman–Crippen MR) is 77.6 cm³/mol. The molecule has 0 heterocycles. The van der Waals surface area contributed by atoms with Gasteiger partial charge in [-0.25, -0.2) is 0 Å². The lowest BCUT2D eigenvalue weighted by molar-refractivity contribution is 0.481. The second-order valence-electron chi connectivity index (χ2n) is 4.47. The van der Waals surface area contributed by atoms with Crippen LogP contribution in [0, 0.1) is 0 Å². The molecule has 0 aromatic heterocycles. The zero-order valence-electron chi connectivity index (χ0n) is 10.8. The van der Waals surface area contributed by atoms with Crippen molar-refractivity contribution < 1.29 is 5.11 Å². The highest BCUT2D eigenvalue weighted by Gasteiger charge is 2.03. The highest BCUT2D eigenvalue weighted by atomic mass is 16.3. The van der Waals surface area contributed by atoms with Crippen molar-refractivity contribution in [1.29, 1.82) is 0 Å². The molecule has 18 heavy (non-hydrogen) atoms. The molecule has 2 aromatic rings. The molecular weight excluding hydrogens is 222 g/mol. The van der Waals surface area contributed by atoms with Gasteiger partial charge in [0.05, 0.1) is 0 Å². The van der Waals surface area contributed by atoms with Gasteiger partial charge in [0.15, 0.2) is 0 Å². The van der Waals surface area contributed by atoms with Crippen LogP contribution in [0.5, 0.6) is 5.75 Å². The minimum absolute atomic E-state index is 0.326. The van der Waals surface area contributed by atoms with E-state index in [0.717, 1.165) is 29.3 Å². The Bertz CT molecular complexity index is 546. The van der Waals surface area contributed by atoms with Crippen LogP contribution in [0.1, 0.15) is 31.7 Å². The van der Waals surface area contributed by atoms with Gasteiger partial charge in [0.2, 0.25) is 0 Å². The maximum atomic E-state index is 10.2. The van der Waals surface area contributed by atoms with E-state index in [1.54, 1.807) is 6.21 Å². The van der Waals surface area contributed by atoms with Gasteiger partial charge in [0.25, 0.3) is 0 Å². The average Bonchev–Trinajstić information content (AvgIpc) is 2.41. The lowest BCUT2D eigenvalue weighted by Gasteiger charge is -2.03. The second kappa shape index (κ2) is 6.20. The number of phenolic OH excluding ortho intramolecular Hbond substituents is 1. The Balaban J connectivity index is 2.16. The van der Waals surface area contributed by atoms with Crippen LogP contribution in [-0.4, -0.2) is 17.9 Å². The fourth-order valence-corrected chi connectivity index (χ4v) is 1.99. The first-order valence-corrected chi connectivity index (χ1v) is 6.53. The molecule has 0 aliphatic carbocycles. The van der Waals surface area contributed by atoms with Crippen LogP contribution in [0.4, 0.5) is 0 Å². The fourth-order valence-electron chi connectivity index (χ4n) is 1.99. The second-order valence-corrected chi connectivity index (χ2v) is 4.47. The summed E-state index contributed by atoms with van der Waals surface area (Å²) in [7, 11) is 0. The first kappa shape index (κ1) is 12.6. The molecule has 2 nitrogen and oxygen atoms in total. The van der Waals surface area contributed by atoms with Crippen molar-refractivity contribution in [3.63, 3.8) is 0 Å². The van der Waals surface area contributed by atoms with Crippen molar-refractivity contribution in [3.8, 4) is 5.75 Å². The van der Waals surface area contributed by atoms with Gasteiger partial charge in [-0.05, 0) is 17.9 Å². The Morgan fingerprint density at radius 1 is 1.11 bits per heavy atom. The van der Waals surface area contributed by atoms with Crippen LogP contribution >= 0.6 is 0 Å². The lowest BCUT2D eigenvalue weighted by Crippen LogP contribution is -1.87. The third kappa shape index (κ3) is 2.89. The summed E-state index contributed by atoms with van der Waals surface area (Å²) in [6.07, 6.45) is 5.30. The Hall–Kier alpha value is -1.83. The number of fused-ring (bicyclic) bond motifs is 1. The van der Waals surface area contributed by atoms with Crippen LogP contribution in [0.3, 0.4) is 0 Å². The Morgan fingerprint density at radius 3 is 2.78 bits per heavy atom. The molecule has 0 fully saturated rings. The Labute approximate surface area is 108 Å². The van der Waals surface area contributed by atoms with E-state index in [1.807, 2.05) is 36.4 Å². The first-order valence-electron chi connectivity index (χ1n) is 6.53. The third-order valence-corrected chi connectivity index (χ3v) is 3.05. The van der Waals surface area contributed by atoms with E-state index in [2.05, 4.69) is 11.9 Å².